The minimum Gasteiger partial charge on any atom is -0.497 e. The van der Waals surface area contributed by atoms with Gasteiger partial charge in [-0.15, -0.1) is 11.3 Å². The van der Waals surface area contributed by atoms with Gasteiger partial charge in [0.15, 0.2) is 18.3 Å². The molecule has 0 unspecified atom stereocenters. The second kappa shape index (κ2) is 9.65. The molecule has 1 aromatic heterocycles. The third kappa shape index (κ3) is 6.01. The molecule has 0 saturated heterocycles. The second-order valence-electron chi connectivity index (χ2n) is 5.72. The van der Waals surface area contributed by atoms with Gasteiger partial charge in [-0.25, -0.2) is 14.2 Å². The van der Waals surface area contributed by atoms with E-state index in [2.05, 4.69) is 10.3 Å². The minimum atomic E-state index is -0.748. The van der Waals surface area contributed by atoms with Gasteiger partial charge in [0.1, 0.15) is 17.3 Å². The van der Waals surface area contributed by atoms with E-state index < -0.39 is 30.9 Å². The molecule has 150 valence electrons. The molecule has 3 aromatic rings. The number of amides is 1. The molecule has 0 aliphatic rings. The van der Waals surface area contributed by atoms with E-state index >= 15 is 0 Å². The van der Waals surface area contributed by atoms with Crippen LogP contribution in [0.1, 0.15) is 0 Å². The molecule has 0 atom stereocenters. The number of ether oxygens (including phenoxy) is 3. The largest absolute Gasteiger partial charge is 0.497 e. The van der Waals surface area contributed by atoms with Crippen LogP contribution in [0.4, 0.5) is 9.52 Å². The maximum atomic E-state index is 13.0. The zero-order valence-corrected chi connectivity index (χ0v) is 16.2. The molecule has 0 saturated carbocycles. The first kappa shape index (κ1) is 20.3. The van der Waals surface area contributed by atoms with Crippen molar-refractivity contribution >= 4 is 28.3 Å². The minimum absolute atomic E-state index is 0.195. The average molecular weight is 416 g/mol. The van der Waals surface area contributed by atoms with E-state index in [-0.39, 0.29) is 5.75 Å². The number of carbonyl (C=O) groups is 2. The second-order valence-corrected chi connectivity index (χ2v) is 6.58. The summed E-state index contributed by atoms with van der Waals surface area (Å²) < 4.78 is 28.1. The highest BCUT2D eigenvalue weighted by atomic mass is 32.1. The monoisotopic (exact) mass is 416 g/mol. The third-order valence-electron chi connectivity index (χ3n) is 3.65. The highest BCUT2D eigenvalue weighted by molar-refractivity contribution is 7.14. The fraction of sp³-hybridized carbons (Fsp3) is 0.150. The van der Waals surface area contributed by atoms with Crippen molar-refractivity contribution in [3.8, 4) is 22.8 Å². The topological polar surface area (TPSA) is 86.8 Å². The number of nitrogens with zero attached hydrogens (tertiary/aromatic N) is 1. The summed E-state index contributed by atoms with van der Waals surface area (Å²) >= 11 is 1.25. The molecule has 0 aliphatic carbocycles. The first-order chi connectivity index (χ1) is 14.0. The number of rotatable bonds is 8. The third-order valence-corrected chi connectivity index (χ3v) is 4.41. The summed E-state index contributed by atoms with van der Waals surface area (Å²) in [4.78, 5) is 27.9. The number of nitrogens with one attached hydrogen (secondary N) is 1. The number of methoxy groups -OCH3 is 1. The van der Waals surface area contributed by atoms with Crippen LogP contribution in [0.5, 0.6) is 11.5 Å². The Bertz CT molecular complexity index is 991. The van der Waals surface area contributed by atoms with Gasteiger partial charge in [-0.3, -0.25) is 10.1 Å². The quantitative estimate of drug-likeness (QED) is 0.566. The molecule has 29 heavy (non-hydrogen) atoms. The van der Waals surface area contributed by atoms with Crippen molar-refractivity contribution < 1.29 is 28.2 Å². The molecule has 0 spiro atoms. The maximum absolute atomic E-state index is 13.0. The van der Waals surface area contributed by atoms with Gasteiger partial charge >= 0.3 is 5.97 Å². The summed E-state index contributed by atoms with van der Waals surface area (Å²) in [6, 6.07) is 12.7. The molecule has 3 rings (SSSR count). The molecule has 1 amide bonds. The molecule has 0 fully saturated rings. The van der Waals surface area contributed by atoms with Crippen molar-refractivity contribution in [3.63, 3.8) is 0 Å². The Hall–Kier alpha value is -3.46. The van der Waals surface area contributed by atoms with E-state index in [4.69, 9.17) is 14.2 Å². The summed E-state index contributed by atoms with van der Waals surface area (Å²) in [6.45, 7) is -0.918. The van der Waals surface area contributed by atoms with Crippen molar-refractivity contribution in [1.29, 1.82) is 0 Å². The number of anilines is 1. The number of hydrogen-bond donors (Lipinski definition) is 1. The van der Waals surface area contributed by atoms with E-state index in [0.717, 1.165) is 17.4 Å². The number of benzene rings is 2. The molecule has 0 radical (unpaired) electrons. The van der Waals surface area contributed by atoms with Gasteiger partial charge in [-0.05, 0) is 36.4 Å². The van der Waals surface area contributed by atoms with Gasteiger partial charge in [0.2, 0.25) is 0 Å². The van der Waals surface area contributed by atoms with Crippen LogP contribution in [0, 0.1) is 5.82 Å². The summed E-state index contributed by atoms with van der Waals surface area (Å²) in [5, 5.41) is 4.75. The van der Waals surface area contributed by atoms with E-state index in [1.807, 2.05) is 24.3 Å². The lowest BCUT2D eigenvalue weighted by atomic mass is 10.2. The van der Waals surface area contributed by atoms with Crippen molar-refractivity contribution in [2.24, 2.45) is 0 Å². The first-order valence-electron chi connectivity index (χ1n) is 8.47. The van der Waals surface area contributed by atoms with Gasteiger partial charge in [0.25, 0.3) is 5.91 Å². The molecule has 0 bridgehead atoms. The summed E-state index contributed by atoms with van der Waals surface area (Å²) in [7, 11) is 1.59. The zero-order valence-electron chi connectivity index (χ0n) is 15.4. The van der Waals surface area contributed by atoms with Crippen LogP contribution >= 0.6 is 11.3 Å². The van der Waals surface area contributed by atoms with Crippen LogP contribution in [0.15, 0.2) is 53.9 Å². The highest BCUT2D eigenvalue weighted by Gasteiger charge is 2.12. The smallest absolute Gasteiger partial charge is 0.344 e. The number of aromatic nitrogens is 1. The van der Waals surface area contributed by atoms with Crippen LogP contribution in [0.2, 0.25) is 0 Å². The molecule has 2 aromatic carbocycles. The van der Waals surface area contributed by atoms with E-state index in [1.165, 1.54) is 29.5 Å². The van der Waals surface area contributed by atoms with Gasteiger partial charge in [-0.2, -0.15) is 0 Å². The summed E-state index contributed by atoms with van der Waals surface area (Å²) in [5.41, 5.74) is 1.58. The van der Waals surface area contributed by atoms with Crippen LogP contribution < -0.4 is 14.8 Å². The molecular weight excluding hydrogens is 399 g/mol. The van der Waals surface area contributed by atoms with E-state index in [1.54, 1.807) is 12.5 Å². The van der Waals surface area contributed by atoms with Gasteiger partial charge in [-0.1, -0.05) is 6.07 Å². The molecule has 7 nitrogen and oxygen atoms in total. The SMILES string of the molecule is COc1ccc(-c2csc(NC(=O)COC(=O)COc3cccc(F)c3)n2)cc1. The average Bonchev–Trinajstić information content (AvgIpc) is 3.19. The van der Waals surface area contributed by atoms with Crippen molar-refractivity contribution in [2.75, 3.05) is 25.6 Å². The molecule has 0 aliphatic heterocycles. The summed E-state index contributed by atoms with van der Waals surface area (Å²) in [5.74, 6) is -0.823. The normalized spacial score (nSPS) is 10.3. The molecule has 1 N–H and O–H groups in total. The predicted molar refractivity (Wildman–Crippen MR) is 106 cm³/mol. The van der Waals surface area contributed by atoms with Crippen LogP contribution in [-0.4, -0.2) is 37.2 Å². The predicted octanol–water partition coefficient (Wildman–Crippen LogP) is 3.52. The number of hydrogen-bond acceptors (Lipinski definition) is 7. The Labute approximate surface area is 170 Å². The van der Waals surface area contributed by atoms with E-state index in [0.29, 0.717) is 10.8 Å². The van der Waals surface area contributed by atoms with Gasteiger partial charge < -0.3 is 14.2 Å². The number of halogens is 1. The van der Waals surface area contributed by atoms with Crippen molar-refractivity contribution in [1.82, 2.24) is 4.98 Å². The fourth-order valence-corrected chi connectivity index (χ4v) is 3.00. The van der Waals surface area contributed by atoms with E-state index in [9.17, 15) is 14.0 Å². The zero-order chi connectivity index (χ0) is 20.6. The summed E-state index contributed by atoms with van der Waals surface area (Å²) in [6.07, 6.45) is 0. The lowest BCUT2D eigenvalue weighted by molar-refractivity contribution is -0.149. The number of esters is 1. The van der Waals surface area contributed by atoms with Crippen LogP contribution in [0.25, 0.3) is 11.3 Å². The first-order valence-corrected chi connectivity index (χ1v) is 9.35. The van der Waals surface area contributed by atoms with Crippen LogP contribution in [0.3, 0.4) is 0 Å². The molecule has 1 heterocycles. The Morgan fingerprint density at radius 2 is 1.90 bits per heavy atom. The molecule has 9 heteroatoms. The Morgan fingerprint density at radius 1 is 1.10 bits per heavy atom. The Kier molecular flexibility index (Phi) is 6.75. The lowest BCUT2D eigenvalue weighted by Crippen LogP contribution is -2.23. The van der Waals surface area contributed by atoms with Gasteiger partial charge in [0.05, 0.1) is 12.8 Å². The Morgan fingerprint density at radius 3 is 2.62 bits per heavy atom. The fourth-order valence-electron chi connectivity index (χ4n) is 2.27. The lowest BCUT2D eigenvalue weighted by Gasteiger charge is -2.07. The molecular formula is C20H17FN2O5S. The number of thiazole rings is 1. The van der Waals surface area contributed by atoms with Crippen LogP contribution in [-0.2, 0) is 14.3 Å². The maximum Gasteiger partial charge on any atom is 0.344 e. The number of carbonyl (C=O) groups excluding carboxylic acids is 2. The van der Waals surface area contributed by atoms with Gasteiger partial charge in [0, 0.05) is 17.0 Å². The Balaban J connectivity index is 1.44. The van der Waals surface area contributed by atoms with Crippen molar-refractivity contribution in [2.45, 2.75) is 0 Å². The van der Waals surface area contributed by atoms with Crippen molar-refractivity contribution in [3.05, 3.63) is 59.7 Å². The standard InChI is InChI=1S/C20H17FN2O5S/c1-26-15-7-5-13(6-8-15)17-12-29-20(22-17)23-18(24)10-28-19(25)11-27-16-4-2-3-14(21)9-16/h2-9,12H,10-11H2,1H3,(H,22,23,24). The highest BCUT2D eigenvalue weighted by Crippen LogP contribution is 2.26.